The summed E-state index contributed by atoms with van der Waals surface area (Å²) in [5.74, 6) is 0.360. The van der Waals surface area contributed by atoms with Crippen LogP contribution in [-0.4, -0.2) is 27.6 Å². The van der Waals surface area contributed by atoms with Crippen LogP contribution < -0.4 is 17.2 Å². The van der Waals surface area contributed by atoms with Gasteiger partial charge in [0.05, 0.1) is 6.61 Å². The summed E-state index contributed by atoms with van der Waals surface area (Å²) in [5.41, 5.74) is 16.2. The molecule has 0 aliphatic carbocycles. The van der Waals surface area contributed by atoms with Crippen molar-refractivity contribution in [2.24, 2.45) is 16.6 Å². The van der Waals surface area contributed by atoms with Crippen LogP contribution in [0.25, 0.3) is 0 Å². The Kier molecular flexibility index (Phi) is 3.81. The molecule has 88 valence electrons. The van der Waals surface area contributed by atoms with Crippen LogP contribution in [0, 0.1) is 5.92 Å². The van der Waals surface area contributed by atoms with E-state index in [4.69, 9.17) is 21.9 Å². The summed E-state index contributed by atoms with van der Waals surface area (Å²) in [6, 6.07) is -0.0290. The average molecular weight is 225 g/mol. The van der Waals surface area contributed by atoms with Gasteiger partial charge in [0.1, 0.15) is 0 Å². The quantitative estimate of drug-likeness (QED) is 0.472. The van der Waals surface area contributed by atoms with Crippen molar-refractivity contribution in [3.05, 3.63) is 0 Å². The molecule has 1 rings (SSSR count). The van der Waals surface area contributed by atoms with Crippen LogP contribution in [-0.2, 0) is 4.74 Å². The van der Waals surface area contributed by atoms with Gasteiger partial charge in [0.25, 0.3) is 12.0 Å². The standard InChI is InChI=1S/C8H15N7O/c1-4(2)3-16-7(11)15-8-13-5(9)12-6(10)14-8/h4H,3H2,1-2H3,(H6,9,10,11,12,13,14,15). The van der Waals surface area contributed by atoms with E-state index in [2.05, 4.69) is 19.9 Å². The number of nitrogens with zero attached hydrogens (tertiary/aromatic N) is 4. The van der Waals surface area contributed by atoms with Crippen LogP contribution in [0.15, 0.2) is 4.99 Å². The van der Waals surface area contributed by atoms with Gasteiger partial charge in [-0.2, -0.15) is 19.9 Å². The van der Waals surface area contributed by atoms with Crippen molar-refractivity contribution in [3.63, 3.8) is 0 Å². The van der Waals surface area contributed by atoms with Crippen LogP contribution >= 0.6 is 0 Å². The van der Waals surface area contributed by atoms with Gasteiger partial charge in [-0.1, -0.05) is 13.8 Å². The molecule has 6 N–H and O–H groups in total. The summed E-state index contributed by atoms with van der Waals surface area (Å²) >= 11 is 0. The first-order valence-corrected chi connectivity index (χ1v) is 4.71. The molecular formula is C8H15N7O. The Hall–Kier alpha value is -2.12. The molecular weight excluding hydrogens is 210 g/mol. The Morgan fingerprint density at radius 1 is 1.25 bits per heavy atom. The first-order chi connectivity index (χ1) is 7.47. The van der Waals surface area contributed by atoms with E-state index in [0.29, 0.717) is 12.5 Å². The molecule has 16 heavy (non-hydrogen) atoms. The Morgan fingerprint density at radius 2 is 1.81 bits per heavy atom. The second kappa shape index (κ2) is 5.10. The molecule has 0 amide bonds. The zero-order valence-electron chi connectivity index (χ0n) is 9.21. The predicted molar refractivity (Wildman–Crippen MR) is 60.7 cm³/mol. The third-order valence-corrected chi connectivity index (χ3v) is 1.43. The van der Waals surface area contributed by atoms with Crippen molar-refractivity contribution in [1.29, 1.82) is 0 Å². The van der Waals surface area contributed by atoms with Gasteiger partial charge in [0, 0.05) is 0 Å². The normalized spacial score (nSPS) is 11.8. The number of rotatable bonds is 3. The van der Waals surface area contributed by atoms with Gasteiger partial charge >= 0.3 is 0 Å². The Labute approximate surface area is 92.9 Å². The highest BCUT2D eigenvalue weighted by atomic mass is 16.5. The first kappa shape index (κ1) is 12.0. The van der Waals surface area contributed by atoms with E-state index < -0.39 is 0 Å². The lowest BCUT2D eigenvalue weighted by Gasteiger charge is -2.06. The SMILES string of the molecule is CC(C)COC(N)=Nc1nc(N)nc(N)n1. The fourth-order valence-electron chi connectivity index (χ4n) is 0.830. The highest BCUT2D eigenvalue weighted by Crippen LogP contribution is 2.07. The Balaban J connectivity index is 2.73. The lowest BCUT2D eigenvalue weighted by molar-refractivity contribution is 0.255. The van der Waals surface area contributed by atoms with E-state index >= 15 is 0 Å². The van der Waals surface area contributed by atoms with Crippen molar-refractivity contribution in [1.82, 2.24) is 15.0 Å². The summed E-state index contributed by atoms with van der Waals surface area (Å²) < 4.78 is 5.13. The molecule has 0 unspecified atom stereocenters. The molecule has 0 atom stereocenters. The van der Waals surface area contributed by atoms with Crippen LogP contribution in [0.1, 0.15) is 13.8 Å². The van der Waals surface area contributed by atoms with E-state index in [1.807, 2.05) is 13.8 Å². The van der Waals surface area contributed by atoms with Gasteiger partial charge in [0.2, 0.25) is 11.9 Å². The zero-order valence-corrected chi connectivity index (χ0v) is 9.21. The second-order valence-corrected chi connectivity index (χ2v) is 3.51. The van der Waals surface area contributed by atoms with Crippen molar-refractivity contribution in [3.8, 4) is 0 Å². The molecule has 8 nitrogen and oxygen atoms in total. The predicted octanol–water partition coefficient (Wildman–Crippen LogP) is -0.345. The molecule has 1 aromatic heterocycles. The van der Waals surface area contributed by atoms with Crippen LogP contribution in [0.5, 0.6) is 0 Å². The van der Waals surface area contributed by atoms with Crippen LogP contribution in [0.3, 0.4) is 0 Å². The molecule has 0 radical (unpaired) electrons. The molecule has 0 aliphatic rings. The fourth-order valence-corrected chi connectivity index (χ4v) is 0.830. The maximum Gasteiger partial charge on any atom is 0.290 e. The second-order valence-electron chi connectivity index (χ2n) is 3.51. The summed E-state index contributed by atoms with van der Waals surface area (Å²) in [7, 11) is 0. The van der Waals surface area contributed by atoms with Gasteiger partial charge < -0.3 is 21.9 Å². The number of ether oxygens (including phenoxy) is 1. The number of aromatic nitrogens is 3. The number of nitrogens with two attached hydrogens (primary N) is 3. The van der Waals surface area contributed by atoms with E-state index in [0.717, 1.165) is 0 Å². The molecule has 0 saturated carbocycles. The minimum atomic E-state index is -0.0290. The van der Waals surface area contributed by atoms with Gasteiger partial charge in [0.15, 0.2) is 0 Å². The fraction of sp³-hybridized carbons (Fsp3) is 0.500. The molecule has 0 fully saturated rings. The van der Waals surface area contributed by atoms with Crippen LogP contribution in [0.4, 0.5) is 17.8 Å². The highest BCUT2D eigenvalue weighted by molar-refractivity contribution is 5.73. The topological polar surface area (TPSA) is 138 Å². The third kappa shape index (κ3) is 3.95. The van der Waals surface area contributed by atoms with Gasteiger partial charge in [-0.05, 0) is 5.92 Å². The highest BCUT2D eigenvalue weighted by Gasteiger charge is 2.02. The lowest BCUT2D eigenvalue weighted by Crippen LogP contribution is -2.19. The summed E-state index contributed by atoms with van der Waals surface area (Å²) in [6.45, 7) is 4.45. The smallest absolute Gasteiger partial charge is 0.290 e. The number of aliphatic imine (C=N–C) groups is 1. The molecule has 0 spiro atoms. The molecule has 0 bridgehead atoms. The molecule has 0 aromatic carbocycles. The van der Waals surface area contributed by atoms with Crippen molar-refractivity contribution < 1.29 is 4.74 Å². The Morgan fingerprint density at radius 3 is 2.31 bits per heavy atom. The maximum atomic E-state index is 5.50. The minimum Gasteiger partial charge on any atom is -0.465 e. The van der Waals surface area contributed by atoms with Crippen molar-refractivity contribution in [2.45, 2.75) is 13.8 Å². The van der Waals surface area contributed by atoms with E-state index in [1.54, 1.807) is 0 Å². The monoisotopic (exact) mass is 225 g/mol. The van der Waals surface area contributed by atoms with Crippen molar-refractivity contribution >= 4 is 23.9 Å². The summed E-state index contributed by atoms with van der Waals surface area (Å²) in [5, 5.41) is 0. The largest absolute Gasteiger partial charge is 0.465 e. The van der Waals surface area contributed by atoms with E-state index in [-0.39, 0.29) is 23.9 Å². The number of nitrogen functional groups attached to an aromatic ring is 2. The maximum absolute atomic E-state index is 5.50. The Bertz CT molecular complexity index is 370. The number of hydrogen-bond acceptors (Lipinski definition) is 7. The lowest BCUT2D eigenvalue weighted by atomic mass is 10.2. The van der Waals surface area contributed by atoms with Gasteiger partial charge in [-0.3, -0.25) is 0 Å². The number of anilines is 2. The van der Waals surface area contributed by atoms with E-state index in [1.165, 1.54) is 0 Å². The number of hydrogen-bond donors (Lipinski definition) is 3. The first-order valence-electron chi connectivity index (χ1n) is 4.71. The van der Waals surface area contributed by atoms with E-state index in [9.17, 15) is 0 Å². The average Bonchev–Trinajstić information content (AvgIpc) is 2.12. The summed E-state index contributed by atoms with van der Waals surface area (Å²) in [4.78, 5) is 14.9. The molecule has 0 aliphatic heterocycles. The van der Waals surface area contributed by atoms with Gasteiger partial charge in [-0.15, -0.1) is 0 Å². The molecule has 0 saturated heterocycles. The third-order valence-electron chi connectivity index (χ3n) is 1.43. The minimum absolute atomic E-state index is 0.0112. The summed E-state index contributed by atoms with van der Waals surface area (Å²) in [6.07, 6.45) is 0. The molecule has 1 heterocycles. The zero-order chi connectivity index (χ0) is 12.1. The molecule has 8 heteroatoms. The number of amidine groups is 1. The molecule has 1 aromatic rings. The van der Waals surface area contributed by atoms with Crippen LogP contribution in [0.2, 0.25) is 0 Å². The van der Waals surface area contributed by atoms with Gasteiger partial charge in [-0.25, -0.2) is 0 Å². The van der Waals surface area contributed by atoms with Crippen molar-refractivity contribution in [2.75, 3.05) is 18.1 Å².